The first-order valence-corrected chi connectivity index (χ1v) is 3.92. The van der Waals surface area contributed by atoms with Gasteiger partial charge in [-0.2, -0.15) is 4.89 Å². The van der Waals surface area contributed by atoms with Crippen LogP contribution in [0.5, 0.6) is 0 Å². The SMILES string of the molecule is CCOOC1=CCCCC1. The Morgan fingerprint density at radius 3 is 3.00 bits per heavy atom. The third kappa shape index (κ3) is 2.40. The zero-order chi connectivity index (χ0) is 7.23. The number of allylic oxidation sites excluding steroid dienone is 2. The summed E-state index contributed by atoms with van der Waals surface area (Å²) in [6.45, 7) is 2.54. The fourth-order valence-corrected chi connectivity index (χ4v) is 1.02. The maximum absolute atomic E-state index is 4.99. The van der Waals surface area contributed by atoms with E-state index in [4.69, 9.17) is 9.78 Å². The van der Waals surface area contributed by atoms with E-state index in [1.54, 1.807) is 0 Å². The molecule has 0 amide bonds. The molecule has 0 aromatic heterocycles. The number of hydrogen-bond donors (Lipinski definition) is 0. The fourth-order valence-electron chi connectivity index (χ4n) is 1.02. The first kappa shape index (κ1) is 7.61. The highest BCUT2D eigenvalue weighted by molar-refractivity contribution is 4.95. The molecule has 0 aromatic carbocycles. The Labute approximate surface area is 61.8 Å². The van der Waals surface area contributed by atoms with Gasteiger partial charge >= 0.3 is 0 Å². The van der Waals surface area contributed by atoms with Crippen LogP contribution in [0.3, 0.4) is 0 Å². The third-order valence-corrected chi connectivity index (χ3v) is 1.53. The lowest BCUT2D eigenvalue weighted by Gasteiger charge is -2.11. The van der Waals surface area contributed by atoms with Gasteiger partial charge in [0.1, 0.15) is 5.76 Å². The van der Waals surface area contributed by atoms with Crippen molar-refractivity contribution >= 4 is 0 Å². The predicted octanol–water partition coefficient (Wildman–Crippen LogP) is 2.41. The summed E-state index contributed by atoms with van der Waals surface area (Å²) in [5.74, 6) is 1.01. The van der Waals surface area contributed by atoms with Crippen LogP contribution in [0.4, 0.5) is 0 Å². The zero-order valence-corrected chi connectivity index (χ0v) is 6.43. The van der Waals surface area contributed by atoms with Crippen molar-refractivity contribution in [3.63, 3.8) is 0 Å². The molecule has 0 heterocycles. The van der Waals surface area contributed by atoms with Crippen molar-refractivity contribution in [3.8, 4) is 0 Å². The van der Waals surface area contributed by atoms with Gasteiger partial charge in [0, 0.05) is 6.42 Å². The molecule has 0 aromatic rings. The molecule has 1 rings (SSSR count). The molecule has 0 spiro atoms. The van der Waals surface area contributed by atoms with Crippen LogP contribution in [-0.4, -0.2) is 6.61 Å². The molecule has 58 valence electrons. The Kier molecular flexibility index (Phi) is 3.30. The van der Waals surface area contributed by atoms with Crippen LogP contribution in [-0.2, 0) is 9.78 Å². The summed E-state index contributed by atoms with van der Waals surface area (Å²) in [4.78, 5) is 9.80. The standard InChI is InChI=1S/C8H14O2/c1-2-9-10-8-6-4-3-5-7-8/h6H,2-5,7H2,1H3. The van der Waals surface area contributed by atoms with E-state index in [1.165, 1.54) is 12.8 Å². The van der Waals surface area contributed by atoms with Gasteiger partial charge in [0.2, 0.25) is 0 Å². The number of hydrogen-bond acceptors (Lipinski definition) is 2. The van der Waals surface area contributed by atoms with Crippen molar-refractivity contribution in [1.29, 1.82) is 0 Å². The van der Waals surface area contributed by atoms with Crippen LogP contribution < -0.4 is 0 Å². The van der Waals surface area contributed by atoms with Crippen molar-refractivity contribution < 1.29 is 9.78 Å². The van der Waals surface area contributed by atoms with E-state index in [9.17, 15) is 0 Å². The van der Waals surface area contributed by atoms with Crippen LogP contribution in [0.1, 0.15) is 32.6 Å². The lowest BCUT2D eigenvalue weighted by atomic mass is 10.1. The Balaban J connectivity index is 2.18. The average Bonchev–Trinajstić information content (AvgIpc) is 2.03. The topological polar surface area (TPSA) is 18.5 Å². The summed E-state index contributed by atoms with van der Waals surface area (Å²) < 4.78 is 0. The van der Waals surface area contributed by atoms with Gasteiger partial charge in [-0.25, -0.2) is 0 Å². The molecular weight excluding hydrogens is 128 g/mol. The normalized spacial score (nSPS) is 18.3. The van der Waals surface area contributed by atoms with Crippen LogP contribution in [0.15, 0.2) is 11.8 Å². The van der Waals surface area contributed by atoms with Gasteiger partial charge in [0.05, 0.1) is 6.61 Å². The van der Waals surface area contributed by atoms with Gasteiger partial charge in [0.25, 0.3) is 0 Å². The van der Waals surface area contributed by atoms with Crippen molar-refractivity contribution in [2.24, 2.45) is 0 Å². The molecule has 0 saturated carbocycles. The minimum absolute atomic E-state index is 0.622. The summed E-state index contributed by atoms with van der Waals surface area (Å²) in [6, 6.07) is 0. The van der Waals surface area contributed by atoms with Gasteiger partial charge in [-0.1, -0.05) is 0 Å². The molecule has 1 aliphatic rings. The van der Waals surface area contributed by atoms with E-state index in [1.807, 2.05) is 6.92 Å². The lowest BCUT2D eigenvalue weighted by molar-refractivity contribution is -0.260. The first-order chi connectivity index (χ1) is 4.93. The molecule has 0 saturated heterocycles. The third-order valence-electron chi connectivity index (χ3n) is 1.53. The molecule has 0 N–H and O–H groups in total. The molecule has 0 aliphatic heterocycles. The van der Waals surface area contributed by atoms with Crippen LogP contribution >= 0.6 is 0 Å². The molecule has 2 heteroatoms. The lowest BCUT2D eigenvalue weighted by Crippen LogP contribution is -1.98. The largest absolute Gasteiger partial charge is 0.342 e. The quantitative estimate of drug-likeness (QED) is 0.445. The minimum Gasteiger partial charge on any atom is -0.342 e. The first-order valence-electron chi connectivity index (χ1n) is 3.92. The molecular formula is C8H14O2. The van der Waals surface area contributed by atoms with Gasteiger partial charge < -0.3 is 4.89 Å². The van der Waals surface area contributed by atoms with Gasteiger partial charge in [0.15, 0.2) is 0 Å². The van der Waals surface area contributed by atoms with E-state index in [0.717, 1.165) is 18.6 Å². The van der Waals surface area contributed by atoms with Gasteiger partial charge in [-0.3, -0.25) is 0 Å². The molecule has 1 aliphatic carbocycles. The maximum atomic E-state index is 4.99. The molecule has 0 bridgehead atoms. The molecule has 0 unspecified atom stereocenters. The molecule has 0 atom stereocenters. The highest BCUT2D eigenvalue weighted by Crippen LogP contribution is 2.17. The maximum Gasteiger partial charge on any atom is 0.138 e. The van der Waals surface area contributed by atoms with Crippen molar-refractivity contribution in [2.45, 2.75) is 32.6 Å². The van der Waals surface area contributed by atoms with Crippen molar-refractivity contribution in [2.75, 3.05) is 6.61 Å². The van der Waals surface area contributed by atoms with Gasteiger partial charge in [-0.05, 0) is 32.3 Å². The second kappa shape index (κ2) is 4.34. The Hall–Kier alpha value is -0.500. The second-order valence-electron chi connectivity index (χ2n) is 2.41. The minimum atomic E-state index is 0.622. The predicted molar refractivity (Wildman–Crippen MR) is 39.3 cm³/mol. The Morgan fingerprint density at radius 2 is 2.40 bits per heavy atom. The van der Waals surface area contributed by atoms with E-state index in [0.29, 0.717) is 6.61 Å². The van der Waals surface area contributed by atoms with Crippen LogP contribution in [0.25, 0.3) is 0 Å². The molecule has 0 radical (unpaired) electrons. The summed E-state index contributed by atoms with van der Waals surface area (Å²) in [7, 11) is 0. The highest BCUT2D eigenvalue weighted by atomic mass is 17.2. The van der Waals surface area contributed by atoms with E-state index in [2.05, 4.69) is 6.08 Å². The van der Waals surface area contributed by atoms with Crippen molar-refractivity contribution in [3.05, 3.63) is 11.8 Å². The van der Waals surface area contributed by atoms with E-state index >= 15 is 0 Å². The Morgan fingerprint density at radius 1 is 1.50 bits per heavy atom. The van der Waals surface area contributed by atoms with E-state index < -0.39 is 0 Å². The van der Waals surface area contributed by atoms with Crippen LogP contribution in [0, 0.1) is 0 Å². The Bertz CT molecular complexity index is 118. The fraction of sp³-hybridized carbons (Fsp3) is 0.750. The van der Waals surface area contributed by atoms with Gasteiger partial charge in [-0.15, -0.1) is 0 Å². The summed E-state index contributed by atoms with van der Waals surface area (Å²) >= 11 is 0. The number of rotatable bonds is 3. The average molecular weight is 142 g/mol. The second-order valence-corrected chi connectivity index (χ2v) is 2.41. The van der Waals surface area contributed by atoms with E-state index in [-0.39, 0.29) is 0 Å². The molecule has 10 heavy (non-hydrogen) atoms. The highest BCUT2D eigenvalue weighted by Gasteiger charge is 2.03. The monoisotopic (exact) mass is 142 g/mol. The summed E-state index contributed by atoms with van der Waals surface area (Å²) in [6.07, 6.45) is 6.82. The van der Waals surface area contributed by atoms with Crippen LogP contribution in [0.2, 0.25) is 0 Å². The summed E-state index contributed by atoms with van der Waals surface area (Å²) in [5, 5.41) is 0. The zero-order valence-electron chi connectivity index (χ0n) is 6.43. The summed E-state index contributed by atoms with van der Waals surface area (Å²) in [5.41, 5.74) is 0. The smallest absolute Gasteiger partial charge is 0.138 e. The molecule has 2 nitrogen and oxygen atoms in total. The molecule has 0 fully saturated rings. The van der Waals surface area contributed by atoms with Crippen molar-refractivity contribution in [1.82, 2.24) is 0 Å².